The normalized spacial score (nSPS) is 10.7. The highest BCUT2D eigenvalue weighted by atomic mass is 32.1. The maximum Gasteiger partial charge on any atom is 0.227 e. The fourth-order valence-electron chi connectivity index (χ4n) is 2.57. The zero-order valence-corrected chi connectivity index (χ0v) is 15.3. The number of likely N-dealkylation sites (N-methyl/N-ethyl adjacent to an activating group) is 1. The van der Waals surface area contributed by atoms with E-state index in [1.807, 2.05) is 36.4 Å². The molecular weight excluding hydrogens is 336 g/mol. The molecule has 0 N–H and O–H groups in total. The number of para-hydroxylation sites is 1. The van der Waals surface area contributed by atoms with E-state index in [9.17, 15) is 4.79 Å². The average molecular weight is 356 g/mol. The van der Waals surface area contributed by atoms with Crippen LogP contribution in [0.4, 0.5) is 0 Å². The Balaban J connectivity index is 1.70. The second-order valence-corrected chi connectivity index (χ2v) is 6.79. The van der Waals surface area contributed by atoms with Gasteiger partial charge in [-0.3, -0.25) is 4.79 Å². The molecule has 25 heavy (non-hydrogen) atoms. The molecule has 0 unspecified atom stereocenters. The molecule has 3 aromatic rings. The third-order valence-electron chi connectivity index (χ3n) is 3.97. The van der Waals surface area contributed by atoms with Crippen LogP contribution < -0.4 is 9.47 Å². The molecule has 6 heteroatoms. The van der Waals surface area contributed by atoms with Crippen molar-refractivity contribution < 1.29 is 14.3 Å². The summed E-state index contributed by atoms with van der Waals surface area (Å²) in [5.41, 5.74) is 1.81. The molecule has 0 aliphatic carbocycles. The predicted octanol–water partition coefficient (Wildman–Crippen LogP) is 3.51. The summed E-state index contributed by atoms with van der Waals surface area (Å²) in [6.07, 6.45) is 0.272. The maximum absolute atomic E-state index is 12.6. The lowest BCUT2D eigenvalue weighted by Gasteiger charge is -2.17. The molecular formula is C19H20N2O3S. The molecule has 0 spiro atoms. The Hall–Kier alpha value is -2.60. The van der Waals surface area contributed by atoms with Crippen LogP contribution >= 0.6 is 11.3 Å². The first-order valence-electron chi connectivity index (χ1n) is 7.90. The first kappa shape index (κ1) is 17.2. The van der Waals surface area contributed by atoms with E-state index in [1.165, 1.54) is 0 Å². The fourth-order valence-corrected chi connectivity index (χ4v) is 3.60. The van der Waals surface area contributed by atoms with Crippen molar-refractivity contribution in [1.29, 1.82) is 0 Å². The summed E-state index contributed by atoms with van der Waals surface area (Å²) in [6.45, 7) is 0.497. The summed E-state index contributed by atoms with van der Waals surface area (Å²) in [5, 5.41) is 0.929. The van der Waals surface area contributed by atoms with Crippen LogP contribution in [0.5, 0.6) is 11.5 Å². The van der Waals surface area contributed by atoms with E-state index in [2.05, 4.69) is 4.98 Å². The molecule has 3 rings (SSSR count). The molecule has 0 saturated heterocycles. The lowest BCUT2D eigenvalue weighted by molar-refractivity contribution is -0.129. The van der Waals surface area contributed by atoms with Gasteiger partial charge in [0, 0.05) is 18.7 Å². The highest BCUT2D eigenvalue weighted by Gasteiger charge is 2.15. The van der Waals surface area contributed by atoms with Crippen molar-refractivity contribution >= 4 is 27.5 Å². The number of hydrogen-bond donors (Lipinski definition) is 0. The first-order chi connectivity index (χ1) is 12.1. The van der Waals surface area contributed by atoms with E-state index < -0.39 is 0 Å². The Kier molecular flexibility index (Phi) is 5.19. The Labute approximate surface area is 150 Å². The lowest BCUT2D eigenvalue weighted by atomic mass is 10.1. The van der Waals surface area contributed by atoms with Crippen molar-refractivity contribution in [3.05, 3.63) is 53.0 Å². The molecule has 0 fully saturated rings. The number of rotatable bonds is 6. The van der Waals surface area contributed by atoms with Crippen LogP contribution in [0.25, 0.3) is 10.2 Å². The minimum absolute atomic E-state index is 0.0164. The van der Waals surface area contributed by atoms with Crippen LogP contribution in [-0.4, -0.2) is 37.1 Å². The maximum atomic E-state index is 12.6. The summed E-state index contributed by atoms with van der Waals surface area (Å²) in [7, 11) is 4.99. The van der Waals surface area contributed by atoms with Crippen LogP contribution in [-0.2, 0) is 17.8 Å². The largest absolute Gasteiger partial charge is 0.497 e. The first-order valence-corrected chi connectivity index (χ1v) is 8.71. The minimum Gasteiger partial charge on any atom is -0.497 e. The van der Waals surface area contributed by atoms with Crippen molar-refractivity contribution in [3.8, 4) is 11.5 Å². The van der Waals surface area contributed by atoms with Crippen LogP contribution in [0, 0.1) is 0 Å². The van der Waals surface area contributed by atoms with Gasteiger partial charge < -0.3 is 14.4 Å². The second kappa shape index (κ2) is 7.53. The zero-order chi connectivity index (χ0) is 17.8. The molecule has 1 heterocycles. The fraction of sp³-hybridized carbons (Fsp3) is 0.263. The average Bonchev–Trinajstić information content (AvgIpc) is 3.04. The summed E-state index contributed by atoms with van der Waals surface area (Å²) in [6, 6.07) is 13.5. The number of nitrogens with zero attached hydrogens (tertiary/aromatic N) is 2. The third-order valence-corrected chi connectivity index (χ3v) is 4.99. The number of thiazole rings is 1. The summed E-state index contributed by atoms with van der Waals surface area (Å²) >= 11 is 1.62. The standard InChI is InChI=1S/C19H20N2O3S/c1-21(12-18-20-15-6-4-5-7-17(15)25-18)19(22)10-13-8-9-14(23-2)11-16(13)24-3/h4-9,11H,10,12H2,1-3H3. The predicted molar refractivity (Wildman–Crippen MR) is 99.3 cm³/mol. The molecule has 0 aliphatic heterocycles. The van der Waals surface area contributed by atoms with Gasteiger partial charge in [0.1, 0.15) is 16.5 Å². The molecule has 0 radical (unpaired) electrons. The molecule has 5 nitrogen and oxygen atoms in total. The van der Waals surface area contributed by atoms with Crippen LogP contribution in [0.1, 0.15) is 10.6 Å². The molecule has 1 aromatic heterocycles. The van der Waals surface area contributed by atoms with Gasteiger partial charge in [0.05, 0.1) is 37.4 Å². The number of methoxy groups -OCH3 is 2. The number of aromatic nitrogens is 1. The van der Waals surface area contributed by atoms with Crippen LogP contribution in [0.3, 0.4) is 0 Å². The second-order valence-electron chi connectivity index (χ2n) is 5.68. The molecule has 2 aromatic carbocycles. The molecule has 0 bridgehead atoms. The van der Waals surface area contributed by atoms with Gasteiger partial charge in [-0.05, 0) is 18.2 Å². The van der Waals surface area contributed by atoms with Crippen LogP contribution in [0.2, 0.25) is 0 Å². The van der Waals surface area contributed by atoms with E-state index >= 15 is 0 Å². The van der Waals surface area contributed by atoms with Crippen LogP contribution in [0.15, 0.2) is 42.5 Å². The number of carbonyl (C=O) groups excluding carboxylic acids is 1. The number of benzene rings is 2. The van der Waals surface area contributed by atoms with Gasteiger partial charge in [0.25, 0.3) is 0 Å². The number of carbonyl (C=O) groups is 1. The lowest BCUT2D eigenvalue weighted by Crippen LogP contribution is -2.27. The van der Waals surface area contributed by atoms with Gasteiger partial charge in [-0.15, -0.1) is 11.3 Å². The molecule has 0 atom stereocenters. The Morgan fingerprint density at radius 1 is 1.16 bits per heavy atom. The SMILES string of the molecule is COc1ccc(CC(=O)N(C)Cc2nc3ccccc3s2)c(OC)c1. The number of hydrogen-bond acceptors (Lipinski definition) is 5. The molecule has 0 aliphatic rings. The van der Waals surface area contributed by atoms with Gasteiger partial charge in [-0.2, -0.15) is 0 Å². The van der Waals surface area contributed by atoms with Crippen molar-refractivity contribution in [3.63, 3.8) is 0 Å². The van der Waals surface area contributed by atoms with Crippen molar-refractivity contribution in [2.24, 2.45) is 0 Å². The van der Waals surface area contributed by atoms with Crippen molar-refractivity contribution in [1.82, 2.24) is 9.88 Å². The Morgan fingerprint density at radius 3 is 2.68 bits per heavy atom. The van der Waals surface area contributed by atoms with Gasteiger partial charge in [-0.1, -0.05) is 18.2 Å². The van der Waals surface area contributed by atoms with E-state index in [1.54, 1.807) is 43.6 Å². The molecule has 0 saturated carbocycles. The molecule has 1 amide bonds. The van der Waals surface area contributed by atoms with Gasteiger partial charge in [0.2, 0.25) is 5.91 Å². The van der Waals surface area contributed by atoms with Gasteiger partial charge in [-0.25, -0.2) is 4.98 Å². The van der Waals surface area contributed by atoms with E-state index in [0.717, 1.165) is 20.8 Å². The summed E-state index contributed by atoms with van der Waals surface area (Å²) in [5.74, 6) is 1.37. The van der Waals surface area contributed by atoms with E-state index in [-0.39, 0.29) is 12.3 Å². The van der Waals surface area contributed by atoms with Gasteiger partial charge >= 0.3 is 0 Å². The quantitative estimate of drug-likeness (QED) is 0.678. The smallest absolute Gasteiger partial charge is 0.227 e. The number of amides is 1. The minimum atomic E-state index is 0.0164. The third kappa shape index (κ3) is 3.91. The van der Waals surface area contributed by atoms with Gasteiger partial charge in [0.15, 0.2) is 0 Å². The topological polar surface area (TPSA) is 51.7 Å². The highest BCUT2D eigenvalue weighted by Crippen LogP contribution is 2.26. The molecule has 130 valence electrons. The number of ether oxygens (including phenoxy) is 2. The highest BCUT2D eigenvalue weighted by molar-refractivity contribution is 7.18. The zero-order valence-electron chi connectivity index (χ0n) is 14.5. The number of fused-ring (bicyclic) bond motifs is 1. The monoisotopic (exact) mass is 356 g/mol. The Morgan fingerprint density at radius 2 is 1.96 bits per heavy atom. The van der Waals surface area contributed by atoms with E-state index in [0.29, 0.717) is 18.0 Å². The van der Waals surface area contributed by atoms with E-state index in [4.69, 9.17) is 9.47 Å². The Bertz CT molecular complexity index is 858. The summed E-state index contributed by atoms with van der Waals surface area (Å²) in [4.78, 5) is 18.8. The van der Waals surface area contributed by atoms with Crippen molar-refractivity contribution in [2.45, 2.75) is 13.0 Å². The summed E-state index contributed by atoms with van der Waals surface area (Å²) < 4.78 is 11.7. The van der Waals surface area contributed by atoms with Crippen molar-refractivity contribution in [2.75, 3.05) is 21.3 Å².